The van der Waals surface area contributed by atoms with Crippen molar-refractivity contribution in [3.05, 3.63) is 29.8 Å². The maximum atomic E-state index is 9.29. The van der Waals surface area contributed by atoms with Gasteiger partial charge in [0.2, 0.25) is 0 Å². The summed E-state index contributed by atoms with van der Waals surface area (Å²) in [6.45, 7) is 7.79. The van der Waals surface area contributed by atoms with Gasteiger partial charge >= 0.3 is 0 Å². The van der Waals surface area contributed by atoms with Crippen LogP contribution in [0.25, 0.3) is 0 Å². The van der Waals surface area contributed by atoms with Gasteiger partial charge in [-0.15, -0.1) is 0 Å². The summed E-state index contributed by atoms with van der Waals surface area (Å²) in [5.41, 5.74) is 1.25. The summed E-state index contributed by atoms with van der Waals surface area (Å²) in [5.74, 6) is 0.946. The van der Waals surface area contributed by atoms with Gasteiger partial charge in [0, 0.05) is 18.6 Å². The van der Waals surface area contributed by atoms with Crippen LogP contribution in [0, 0.1) is 5.92 Å². The summed E-state index contributed by atoms with van der Waals surface area (Å²) >= 11 is 0. The summed E-state index contributed by atoms with van der Waals surface area (Å²) < 4.78 is 0. The molecule has 0 saturated carbocycles. The summed E-state index contributed by atoms with van der Waals surface area (Å²) in [5, 5.41) is 13.0. The van der Waals surface area contributed by atoms with Crippen LogP contribution in [0.15, 0.2) is 24.3 Å². The molecule has 0 heterocycles. The normalized spacial score (nSPS) is 14.9. The van der Waals surface area contributed by atoms with Crippen molar-refractivity contribution >= 4 is 0 Å². The predicted molar refractivity (Wildman–Crippen MR) is 81.6 cm³/mol. The Morgan fingerprint density at radius 1 is 1.11 bits per heavy atom. The van der Waals surface area contributed by atoms with Crippen LogP contribution in [-0.2, 0) is 6.42 Å². The van der Waals surface area contributed by atoms with Gasteiger partial charge in [0.05, 0.1) is 0 Å². The fourth-order valence-electron chi connectivity index (χ4n) is 2.26. The van der Waals surface area contributed by atoms with E-state index in [0.717, 1.165) is 13.0 Å². The third kappa shape index (κ3) is 6.08. The summed E-state index contributed by atoms with van der Waals surface area (Å²) in [4.78, 5) is 2.23. The molecule has 1 aromatic rings. The highest BCUT2D eigenvalue weighted by Crippen LogP contribution is 2.12. The molecule has 0 aliphatic carbocycles. The van der Waals surface area contributed by atoms with Crippen molar-refractivity contribution in [1.82, 2.24) is 10.2 Å². The minimum Gasteiger partial charge on any atom is -0.508 e. The number of hydrogen-bond donors (Lipinski definition) is 2. The zero-order valence-corrected chi connectivity index (χ0v) is 12.9. The summed E-state index contributed by atoms with van der Waals surface area (Å²) in [6, 6.07) is 8.41. The lowest BCUT2D eigenvalue weighted by molar-refractivity contribution is 0.272. The van der Waals surface area contributed by atoms with Crippen molar-refractivity contribution in [2.75, 3.05) is 20.6 Å². The van der Waals surface area contributed by atoms with Gasteiger partial charge in [-0.05, 0) is 51.1 Å². The topological polar surface area (TPSA) is 35.5 Å². The molecule has 19 heavy (non-hydrogen) atoms. The zero-order valence-electron chi connectivity index (χ0n) is 12.9. The molecule has 3 nitrogen and oxygen atoms in total. The van der Waals surface area contributed by atoms with Gasteiger partial charge in [0.25, 0.3) is 0 Å². The van der Waals surface area contributed by atoms with Crippen LogP contribution in [-0.4, -0.2) is 42.7 Å². The molecule has 2 N–H and O–H groups in total. The van der Waals surface area contributed by atoms with Crippen molar-refractivity contribution in [3.63, 3.8) is 0 Å². The highest BCUT2D eigenvalue weighted by atomic mass is 16.3. The van der Waals surface area contributed by atoms with Crippen molar-refractivity contribution in [1.29, 1.82) is 0 Å². The first-order valence-corrected chi connectivity index (χ1v) is 7.07. The zero-order chi connectivity index (χ0) is 14.4. The first kappa shape index (κ1) is 16.0. The number of aromatic hydroxyl groups is 1. The Kier molecular flexibility index (Phi) is 6.32. The maximum absolute atomic E-state index is 9.29. The number of rotatable bonds is 7. The van der Waals surface area contributed by atoms with Crippen molar-refractivity contribution < 1.29 is 5.11 Å². The standard InChI is InChI=1S/C16H28N2O/c1-12(2)16(11-18(4)5)17-13(3)10-14-6-8-15(19)9-7-14/h6-9,12-13,16-17,19H,10-11H2,1-5H3. The lowest BCUT2D eigenvalue weighted by Crippen LogP contribution is -2.46. The third-order valence-corrected chi connectivity index (χ3v) is 3.34. The van der Waals surface area contributed by atoms with Crippen LogP contribution >= 0.6 is 0 Å². The Hall–Kier alpha value is -1.06. The monoisotopic (exact) mass is 264 g/mol. The van der Waals surface area contributed by atoms with Gasteiger partial charge in [-0.25, -0.2) is 0 Å². The van der Waals surface area contributed by atoms with Crippen LogP contribution in [0.5, 0.6) is 5.75 Å². The molecule has 0 aliphatic heterocycles. The van der Waals surface area contributed by atoms with Gasteiger partial charge in [0.1, 0.15) is 5.75 Å². The van der Waals surface area contributed by atoms with E-state index in [9.17, 15) is 5.11 Å². The van der Waals surface area contributed by atoms with Crippen LogP contribution in [0.4, 0.5) is 0 Å². The smallest absolute Gasteiger partial charge is 0.115 e. The molecular formula is C16H28N2O. The van der Waals surface area contributed by atoms with E-state index in [1.54, 1.807) is 12.1 Å². The average molecular weight is 264 g/mol. The number of likely N-dealkylation sites (N-methyl/N-ethyl adjacent to an activating group) is 1. The highest BCUT2D eigenvalue weighted by molar-refractivity contribution is 5.26. The molecule has 1 aromatic carbocycles. The van der Waals surface area contributed by atoms with Gasteiger partial charge < -0.3 is 15.3 Å². The number of hydrogen-bond acceptors (Lipinski definition) is 3. The molecule has 3 heteroatoms. The number of benzene rings is 1. The first-order valence-electron chi connectivity index (χ1n) is 7.07. The van der Waals surface area contributed by atoms with Crippen LogP contribution in [0.3, 0.4) is 0 Å². The molecule has 0 spiro atoms. The maximum Gasteiger partial charge on any atom is 0.115 e. The van der Waals surface area contributed by atoms with E-state index in [1.165, 1.54) is 5.56 Å². The minimum atomic E-state index is 0.331. The fourth-order valence-corrected chi connectivity index (χ4v) is 2.26. The van der Waals surface area contributed by atoms with Crippen LogP contribution < -0.4 is 5.32 Å². The first-order chi connectivity index (χ1) is 8.88. The van der Waals surface area contributed by atoms with E-state index in [0.29, 0.717) is 23.8 Å². The van der Waals surface area contributed by atoms with Crippen LogP contribution in [0.1, 0.15) is 26.3 Å². The van der Waals surface area contributed by atoms with Crippen molar-refractivity contribution in [2.45, 2.75) is 39.3 Å². The Morgan fingerprint density at radius 2 is 1.68 bits per heavy atom. The lowest BCUT2D eigenvalue weighted by atomic mass is 10.0. The molecule has 1 rings (SSSR count). The molecular weight excluding hydrogens is 236 g/mol. The lowest BCUT2D eigenvalue weighted by Gasteiger charge is -2.29. The quantitative estimate of drug-likeness (QED) is 0.794. The second-order valence-electron chi connectivity index (χ2n) is 6.05. The second kappa shape index (κ2) is 7.51. The molecule has 0 amide bonds. The molecule has 2 atom stereocenters. The predicted octanol–water partition coefficient (Wildman–Crippen LogP) is 2.50. The molecule has 0 saturated heterocycles. The van der Waals surface area contributed by atoms with Gasteiger partial charge in [0.15, 0.2) is 0 Å². The number of phenolic OH excluding ortho intramolecular Hbond substituents is 1. The summed E-state index contributed by atoms with van der Waals surface area (Å²) in [7, 11) is 4.23. The SMILES string of the molecule is CC(Cc1ccc(O)cc1)NC(CN(C)C)C(C)C. The largest absolute Gasteiger partial charge is 0.508 e. The Bertz CT molecular complexity index is 360. The minimum absolute atomic E-state index is 0.331. The van der Waals surface area contributed by atoms with Gasteiger partial charge in [-0.1, -0.05) is 26.0 Å². The van der Waals surface area contributed by atoms with Gasteiger partial charge in [-0.2, -0.15) is 0 Å². The Morgan fingerprint density at radius 3 is 2.16 bits per heavy atom. The van der Waals surface area contributed by atoms with Crippen molar-refractivity contribution in [2.24, 2.45) is 5.92 Å². The molecule has 0 aromatic heterocycles. The Labute approximate surface area is 117 Å². The van der Waals surface area contributed by atoms with E-state index >= 15 is 0 Å². The number of phenols is 1. The highest BCUT2D eigenvalue weighted by Gasteiger charge is 2.16. The van der Waals surface area contributed by atoms with Crippen molar-refractivity contribution in [3.8, 4) is 5.75 Å². The van der Waals surface area contributed by atoms with Crippen LogP contribution in [0.2, 0.25) is 0 Å². The van der Waals surface area contributed by atoms with Gasteiger partial charge in [-0.3, -0.25) is 0 Å². The van der Waals surface area contributed by atoms with E-state index in [4.69, 9.17) is 0 Å². The molecule has 2 unspecified atom stereocenters. The number of nitrogens with one attached hydrogen (secondary N) is 1. The molecule has 0 bridgehead atoms. The van der Waals surface area contributed by atoms with E-state index in [1.807, 2.05) is 12.1 Å². The number of nitrogens with zero attached hydrogens (tertiary/aromatic N) is 1. The second-order valence-corrected chi connectivity index (χ2v) is 6.05. The third-order valence-electron chi connectivity index (χ3n) is 3.34. The summed E-state index contributed by atoms with van der Waals surface area (Å²) in [6.07, 6.45) is 0.983. The molecule has 0 fully saturated rings. The van der Waals surface area contributed by atoms with E-state index < -0.39 is 0 Å². The van der Waals surface area contributed by atoms with E-state index in [-0.39, 0.29) is 0 Å². The molecule has 0 radical (unpaired) electrons. The molecule has 0 aliphatic rings. The Balaban J connectivity index is 2.52. The fraction of sp³-hybridized carbons (Fsp3) is 0.625. The molecule has 108 valence electrons. The van der Waals surface area contributed by atoms with E-state index in [2.05, 4.69) is 45.1 Å². The average Bonchev–Trinajstić information content (AvgIpc) is 2.30.